The average molecular weight is 580 g/mol. The van der Waals surface area contributed by atoms with Crippen molar-refractivity contribution in [1.82, 2.24) is 14.5 Å². The highest BCUT2D eigenvalue weighted by Gasteiger charge is 2.18. The quantitative estimate of drug-likeness (QED) is 0.208. The average Bonchev–Trinajstić information content (AvgIpc) is 3.64. The highest BCUT2D eigenvalue weighted by molar-refractivity contribution is 7.26. The molecule has 0 aliphatic carbocycles. The third-order valence-electron chi connectivity index (χ3n) is 8.50. The molecule has 0 N–H and O–H groups in total. The molecule has 4 heteroatoms. The molecule has 0 unspecified atom stereocenters. The van der Waals surface area contributed by atoms with E-state index in [1.165, 1.54) is 53.2 Å². The molecule has 6 aromatic carbocycles. The third-order valence-corrected chi connectivity index (χ3v) is 9.72. The fourth-order valence-electron chi connectivity index (χ4n) is 6.42. The molecule has 3 aromatic heterocycles. The molecule has 206 valence electrons. The van der Waals surface area contributed by atoms with E-state index in [4.69, 9.17) is 9.97 Å². The van der Waals surface area contributed by atoms with E-state index in [2.05, 4.69) is 126 Å². The number of hydrogen-bond acceptors (Lipinski definition) is 3. The van der Waals surface area contributed by atoms with Crippen LogP contribution >= 0.6 is 11.3 Å². The molecule has 0 atom stereocenters. The summed E-state index contributed by atoms with van der Waals surface area (Å²) in [4.78, 5) is 9.85. The van der Waals surface area contributed by atoms with E-state index in [-0.39, 0.29) is 0 Å². The van der Waals surface area contributed by atoms with Gasteiger partial charge >= 0.3 is 0 Å². The van der Waals surface area contributed by atoms with Crippen molar-refractivity contribution in [2.24, 2.45) is 0 Å². The number of aromatic nitrogens is 3. The van der Waals surface area contributed by atoms with Crippen LogP contribution < -0.4 is 0 Å². The van der Waals surface area contributed by atoms with E-state index in [1.54, 1.807) is 0 Å². The number of nitrogens with zero attached hydrogens (tertiary/aromatic N) is 3. The minimum Gasteiger partial charge on any atom is -0.278 e. The molecule has 3 nitrogen and oxygen atoms in total. The first-order chi connectivity index (χ1) is 21.8. The second-order valence-corrected chi connectivity index (χ2v) is 12.1. The van der Waals surface area contributed by atoms with E-state index in [1.807, 2.05) is 41.8 Å². The van der Waals surface area contributed by atoms with Gasteiger partial charge in [-0.25, -0.2) is 9.97 Å². The predicted molar refractivity (Wildman–Crippen MR) is 186 cm³/mol. The van der Waals surface area contributed by atoms with Gasteiger partial charge in [0.05, 0.1) is 16.7 Å². The molecular formula is C40H25N3S. The molecule has 9 aromatic rings. The Hall–Kier alpha value is -5.58. The summed E-state index contributed by atoms with van der Waals surface area (Å²) in [6, 6.07) is 51.8. The van der Waals surface area contributed by atoms with Crippen LogP contribution in [0.5, 0.6) is 0 Å². The first kappa shape index (κ1) is 25.0. The first-order valence-electron chi connectivity index (χ1n) is 14.7. The van der Waals surface area contributed by atoms with Gasteiger partial charge in [0.2, 0.25) is 5.95 Å². The number of thiophene rings is 1. The van der Waals surface area contributed by atoms with Crippen molar-refractivity contribution < 1.29 is 0 Å². The van der Waals surface area contributed by atoms with Gasteiger partial charge in [0.25, 0.3) is 0 Å². The standard InChI is InChI=1S/C40H25N3S/c1-3-10-26(11-4-1)28-18-20-36-33(24-28)34-25-29(30-15-9-16-32-31-14-7-8-17-38(31)44-39(30)32)19-21-37(34)43(36)40-41-23-22-35(42-40)27-12-5-2-6-13-27/h1-25H. The summed E-state index contributed by atoms with van der Waals surface area (Å²) in [7, 11) is 0. The highest BCUT2D eigenvalue weighted by atomic mass is 32.1. The lowest BCUT2D eigenvalue weighted by Crippen LogP contribution is -2.01. The monoisotopic (exact) mass is 579 g/mol. The molecule has 0 aliphatic rings. The van der Waals surface area contributed by atoms with Crippen molar-refractivity contribution in [1.29, 1.82) is 0 Å². The zero-order chi connectivity index (χ0) is 29.0. The van der Waals surface area contributed by atoms with Gasteiger partial charge in [-0.1, -0.05) is 109 Å². The molecule has 0 aliphatic heterocycles. The van der Waals surface area contributed by atoms with Gasteiger partial charge in [-0.15, -0.1) is 11.3 Å². The Morgan fingerprint density at radius 1 is 0.477 bits per heavy atom. The molecular weight excluding hydrogens is 555 g/mol. The van der Waals surface area contributed by atoms with Gasteiger partial charge in [0, 0.05) is 42.7 Å². The predicted octanol–water partition coefficient (Wildman–Crippen LogP) is 10.9. The zero-order valence-electron chi connectivity index (χ0n) is 23.7. The molecule has 0 saturated carbocycles. The Kier molecular flexibility index (Phi) is 5.68. The lowest BCUT2D eigenvalue weighted by Gasteiger charge is -2.09. The summed E-state index contributed by atoms with van der Waals surface area (Å²) in [5.74, 6) is 0.665. The second kappa shape index (κ2) is 10.0. The zero-order valence-corrected chi connectivity index (χ0v) is 24.5. The molecule has 44 heavy (non-hydrogen) atoms. The molecule has 3 heterocycles. The van der Waals surface area contributed by atoms with Crippen LogP contribution in [0, 0.1) is 0 Å². The van der Waals surface area contributed by atoms with Crippen LogP contribution in [0.3, 0.4) is 0 Å². The largest absolute Gasteiger partial charge is 0.278 e. The number of benzene rings is 6. The molecule has 0 spiro atoms. The topological polar surface area (TPSA) is 30.7 Å². The first-order valence-corrected chi connectivity index (χ1v) is 15.6. The van der Waals surface area contributed by atoms with Crippen LogP contribution in [-0.2, 0) is 0 Å². The summed E-state index contributed by atoms with van der Waals surface area (Å²) in [5.41, 5.74) is 8.99. The van der Waals surface area contributed by atoms with Crippen molar-refractivity contribution in [3.8, 4) is 39.5 Å². The van der Waals surface area contributed by atoms with Crippen molar-refractivity contribution >= 4 is 53.3 Å². The van der Waals surface area contributed by atoms with Gasteiger partial charge in [0.15, 0.2) is 0 Å². The number of rotatable bonds is 4. The van der Waals surface area contributed by atoms with Gasteiger partial charge in [-0.2, -0.15) is 0 Å². The van der Waals surface area contributed by atoms with Crippen molar-refractivity contribution in [3.63, 3.8) is 0 Å². The Bertz CT molecular complexity index is 2490. The molecule has 0 radical (unpaired) electrons. The van der Waals surface area contributed by atoms with Gasteiger partial charge in [-0.05, 0) is 58.7 Å². The van der Waals surface area contributed by atoms with E-state index in [0.29, 0.717) is 5.95 Å². The van der Waals surface area contributed by atoms with Gasteiger partial charge in [0.1, 0.15) is 0 Å². The maximum absolute atomic E-state index is 5.07. The Morgan fingerprint density at radius 3 is 1.93 bits per heavy atom. The fraction of sp³-hybridized carbons (Fsp3) is 0. The third kappa shape index (κ3) is 3.96. The normalized spacial score (nSPS) is 11.6. The summed E-state index contributed by atoms with van der Waals surface area (Å²) >= 11 is 1.87. The number of hydrogen-bond donors (Lipinski definition) is 0. The minimum absolute atomic E-state index is 0.665. The summed E-state index contributed by atoms with van der Waals surface area (Å²) in [6.07, 6.45) is 1.86. The Balaban J connectivity index is 1.31. The summed E-state index contributed by atoms with van der Waals surface area (Å²) in [5, 5.41) is 4.99. The van der Waals surface area contributed by atoms with E-state index in [0.717, 1.165) is 22.3 Å². The van der Waals surface area contributed by atoms with E-state index < -0.39 is 0 Å². The number of fused-ring (bicyclic) bond motifs is 6. The van der Waals surface area contributed by atoms with E-state index in [9.17, 15) is 0 Å². The minimum atomic E-state index is 0.665. The molecule has 0 bridgehead atoms. The summed E-state index contributed by atoms with van der Waals surface area (Å²) < 4.78 is 4.84. The Morgan fingerprint density at radius 2 is 1.14 bits per heavy atom. The summed E-state index contributed by atoms with van der Waals surface area (Å²) in [6.45, 7) is 0. The van der Waals surface area contributed by atoms with E-state index >= 15 is 0 Å². The van der Waals surface area contributed by atoms with Crippen LogP contribution in [0.2, 0.25) is 0 Å². The van der Waals surface area contributed by atoms with Crippen LogP contribution in [-0.4, -0.2) is 14.5 Å². The fourth-order valence-corrected chi connectivity index (χ4v) is 7.66. The van der Waals surface area contributed by atoms with Crippen molar-refractivity contribution in [2.45, 2.75) is 0 Å². The van der Waals surface area contributed by atoms with Crippen molar-refractivity contribution in [2.75, 3.05) is 0 Å². The maximum atomic E-state index is 5.07. The van der Waals surface area contributed by atoms with Crippen LogP contribution in [0.15, 0.2) is 152 Å². The maximum Gasteiger partial charge on any atom is 0.235 e. The van der Waals surface area contributed by atoms with Crippen LogP contribution in [0.1, 0.15) is 0 Å². The van der Waals surface area contributed by atoms with Crippen LogP contribution in [0.25, 0.3) is 81.4 Å². The van der Waals surface area contributed by atoms with Crippen molar-refractivity contribution in [3.05, 3.63) is 152 Å². The highest BCUT2D eigenvalue weighted by Crippen LogP contribution is 2.42. The van der Waals surface area contributed by atoms with Gasteiger partial charge in [-0.3, -0.25) is 4.57 Å². The van der Waals surface area contributed by atoms with Crippen LogP contribution in [0.4, 0.5) is 0 Å². The molecule has 9 rings (SSSR count). The second-order valence-electron chi connectivity index (χ2n) is 11.1. The van der Waals surface area contributed by atoms with Gasteiger partial charge < -0.3 is 0 Å². The lowest BCUT2D eigenvalue weighted by atomic mass is 9.99. The Labute approximate surface area is 258 Å². The molecule has 0 saturated heterocycles. The lowest BCUT2D eigenvalue weighted by molar-refractivity contribution is 0.992. The smallest absolute Gasteiger partial charge is 0.235 e. The SMILES string of the molecule is c1ccc(-c2ccc3c(c2)c2cc(-c4cccc5c4sc4ccccc45)ccc2n3-c2nccc(-c3ccccc3)n2)cc1. The molecule has 0 amide bonds. The molecule has 0 fully saturated rings.